The highest BCUT2D eigenvalue weighted by molar-refractivity contribution is 7.99. The van der Waals surface area contributed by atoms with E-state index in [1.165, 1.54) is 18.2 Å². The van der Waals surface area contributed by atoms with Crippen molar-refractivity contribution in [1.29, 1.82) is 0 Å². The smallest absolute Gasteiger partial charge is 0.228 e. The number of carbonyl (C=O) groups is 1. The van der Waals surface area contributed by atoms with E-state index in [0.29, 0.717) is 16.8 Å². The molecule has 0 radical (unpaired) electrons. The zero-order chi connectivity index (χ0) is 24.8. The van der Waals surface area contributed by atoms with Crippen LogP contribution in [0.1, 0.15) is 12.5 Å². The first-order valence-corrected chi connectivity index (χ1v) is 11.9. The molecule has 3 nitrogen and oxygen atoms in total. The van der Waals surface area contributed by atoms with Crippen LogP contribution >= 0.6 is 11.8 Å². The van der Waals surface area contributed by atoms with Crippen molar-refractivity contribution in [2.75, 3.05) is 11.1 Å². The number of ether oxygens (including phenoxy) is 1. The van der Waals surface area contributed by atoms with Gasteiger partial charge in [0.05, 0.1) is 6.42 Å². The van der Waals surface area contributed by atoms with E-state index in [4.69, 9.17) is 4.74 Å². The molecule has 0 aliphatic heterocycles. The molecular weight excluding hydrogens is 471 g/mol. The topological polar surface area (TPSA) is 38.3 Å². The van der Waals surface area contributed by atoms with Gasteiger partial charge in [0.1, 0.15) is 17.3 Å². The molecule has 0 bridgehead atoms. The van der Waals surface area contributed by atoms with E-state index in [0.717, 1.165) is 28.3 Å². The predicted molar refractivity (Wildman–Crippen MR) is 133 cm³/mol. The molecule has 0 saturated heterocycles. The highest BCUT2D eigenvalue weighted by Gasteiger charge is 2.13. The summed E-state index contributed by atoms with van der Waals surface area (Å²) in [4.78, 5) is 13.8. The SMILES string of the molecule is CCSc1ccc(CC(=O)Nc2ccc(-c3cccc(F)c3)c(Oc3ccc(F)c(F)c3)c2)cc1. The maximum absolute atomic E-state index is 13.8. The number of rotatable bonds is 8. The highest BCUT2D eigenvalue weighted by Crippen LogP contribution is 2.36. The summed E-state index contributed by atoms with van der Waals surface area (Å²) >= 11 is 1.73. The summed E-state index contributed by atoms with van der Waals surface area (Å²) in [5.41, 5.74) is 2.38. The van der Waals surface area contributed by atoms with Gasteiger partial charge in [-0.3, -0.25) is 4.79 Å². The van der Waals surface area contributed by atoms with Crippen molar-refractivity contribution < 1.29 is 22.7 Å². The van der Waals surface area contributed by atoms with Crippen LogP contribution in [0.3, 0.4) is 0 Å². The molecule has 4 aromatic rings. The first-order valence-electron chi connectivity index (χ1n) is 11.0. The molecule has 35 heavy (non-hydrogen) atoms. The van der Waals surface area contributed by atoms with Crippen molar-refractivity contribution in [1.82, 2.24) is 0 Å². The van der Waals surface area contributed by atoms with Crippen LogP contribution in [-0.2, 0) is 11.2 Å². The van der Waals surface area contributed by atoms with Crippen molar-refractivity contribution in [3.05, 3.63) is 108 Å². The Kier molecular flexibility index (Phi) is 7.77. The first kappa shape index (κ1) is 24.4. The van der Waals surface area contributed by atoms with Gasteiger partial charge in [-0.15, -0.1) is 11.8 Å². The third-order valence-corrected chi connectivity index (χ3v) is 6.01. The maximum Gasteiger partial charge on any atom is 0.228 e. The van der Waals surface area contributed by atoms with E-state index >= 15 is 0 Å². The lowest BCUT2D eigenvalue weighted by Crippen LogP contribution is -2.14. The lowest BCUT2D eigenvalue weighted by Gasteiger charge is -2.14. The lowest BCUT2D eigenvalue weighted by atomic mass is 10.0. The Morgan fingerprint density at radius 2 is 1.69 bits per heavy atom. The number of amides is 1. The van der Waals surface area contributed by atoms with Crippen LogP contribution in [0.4, 0.5) is 18.9 Å². The van der Waals surface area contributed by atoms with Gasteiger partial charge in [0.2, 0.25) is 5.91 Å². The molecule has 0 saturated carbocycles. The van der Waals surface area contributed by atoms with Crippen LogP contribution in [-0.4, -0.2) is 11.7 Å². The summed E-state index contributed by atoms with van der Waals surface area (Å²) in [7, 11) is 0. The molecule has 0 aliphatic rings. The molecule has 0 aromatic heterocycles. The van der Waals surface area contributed by atoms with Crippen LogP contribution in [0, 0.1) is 17.5 Å². The minimum absolute atomic E-state index is 0.0649. The Morgan fingerprint density at radius 3 is 2.40 bits per heavy atom. The summed E-state index contributed by atoms with van der Waals surface area (Å²) in [6.45, 7) is 2.08. The van der Waals surface area contributed by atoms with E-state index in [1.54, 1.807) is 42.1 Å². The zero-order valence-electron chi connectivity index (χ0n) is 18.9. The zero-order valence-corrected chi connectivity index (χ0v) is 19.7. The molecule has 0 fully saturated rings. The molecule has 178 valence electrons. The third-order valence-electron chi connectivity index (χ3n) is 5.12. The van der Waals surface area contributed by atoms with E-state index < -0.39 is 17.5 Å². The Hall–Kier alpha value is -3.71. The number of benzene rings is 4. The molecule has 1 N–H and O–H groups in total. The second kappa shape index (κ2) is 11.1. The molecule has 0 unspecified atom stereocenters. The van der Waals surface area contributed by atoms with E-state index in [2.05, 4.69) is 12.2 Å². The number of anilines is 1. The monoisotopic (exact) mass is 493 g/mol. The lowest BCUT2D eigenvalue weighted by molar-refractivity contribution is -0.115. The number of halogens is 3. The predicted octanol–water partition coefficient (Wildman–Crippen LogP) is 7.86. The molecular formula is C28H22F3NO2S. The van der Waals surface area contributed by atoms with Gasteiger partial charge in [-0.2, -0.15) is 0 Å². The molecule has 0 atom stereocenters. The number of thioether (sulfide) groups is 1. The minimum Gasteiger partial charge on any atom is -0.457 e. The molecule has 7 heteroatoms. The van der Waals surface area contributed by atoms with Crippen molar-refractivity contribution in [2.24, 2.45) is 0 Å². The van der Waals surface area contributed by atoms with Gasteiger partial charge < -0.3 is 10.1 Å². The van der Waals surface area contributed by atoms with Gasteiger partial charge in [-0.05, 0) is 65.4 Å². The number of carbonyl (C=O) groups excluding carboxylic acids is 1. The summed E-state index contributed by atoms with van der Waals surface area (Å²) in [5, 5.41) is 2.83. The Morgan fingerprint density at radius 1 is 0.886 bits per heavy atom. The number of nitrogens with one attached hydrogen (secondary N) is 1. The molecule has 0 heterocycles. The molecule has 4 aromatic carbocycles. The maximum atomic E-state index is 13.8. The second-order valence-corrected chi connectivity index (χ2v) is 9.04. The normalized spacial score (nSPS) is 10.7. The standard InChI is InChI=1S/C28H22F3NO2S/c1-2-35-23-10-6-18(7-11-23)14-28(33)32-21-8-12-24(19-4-3-5-20(29)15-19)27(16-21)34-22-9-13-25(30)26(31)17-22/h3-13,15-17H,2,14H2,1H3,(H,32,33). The van der Waals surface area contributed by atoms with Crippen LogP contribution in [0.2, 0.25) is 0 Å². The average Bonchev–Trinajstić information content (AvgIpc) is 2.83. The summed E-state index contributed by atoms with van der Waals surface area (Å²) in [5.74, 6) is -1.41. The van der Waals surface area contributed by atoms with Crippen molar-refractivity contribution >= 4 is 23.4 Å². The quantitative estimate of drug-likeness (QED) is 0.254. The van der Waals surface area contributed by atoms with Crippen LogP contribution < -0.4 is 10.1 Å². The fourth-order valence-corrected chi connectivity index (χ4v) is 4.17. The van der Waals surface area contributed by atoms with Crippen LogP contribution in [0.25, 0.3) is 11.1 Å². The van der Waals surface area contributed by atoms with Crippen molar-refractivity contribution in [3.63, 3.8) is 0 Å². The molecule has 0 spiro atoms. The largest absolute Gasteiger partial charge is 0.457 e. The van der Waals surface area contributed by atoms with Crippen molar-refractivity contribution in [3.8, 4) is 22.6 Å². The van der Waals surface area contributed by atoms with Crippen molar-refractivity contribution in [2.45, 2.75) is 18.2 Å². The summed E-state index contributed by atoms with van der Waals surface area (Å²) in [6, 6.07) is 21.8. The van der Waals surface area contributed by atoms with E-state index in [1.807, 2.05) is 24.3 Å². The number of hydrogen-bond acceptors (Lipinski definition) is 3. The van der Waals surface area contributed by atoms with Gasteiger partial charge in [-0.1, -0.05) is 31.2 Å². The van der Waals surface area contributed by atoms with Gasteiger partial charge in [0.15, 0.2) is 11.6 Å². The van der Waals surface area contributed by atoms with Crippen LogP contribution in [0.5, 0.6) is 11.5 Å². The molecule has 1 amide bonds. The first-order chi connectivity index (χ1) is 16.9. The Labute approximate surface area is 206 Å². The molecule has 4 rings (SSSR count). The third kappa shape index (κ3) is 6.45. The fraction of sp³-hybridized carbons (Fsp3) is 0.107. The Bertz CT molecular complexity index is 1340. The second-order valence-electron chi connectivity index (χ2n) is 7.70. The highest BCUT2D eigenvalue weighted by atomic mass is 32.2. The summed E-state index contributed by atoms with van der Waals surface area (Å²) < 4.78 is 46.8. The van der Waals surface area contributed by atoms with E-state index in [-0.39, 0.29) is 23.8 Å². The van der Waals surface area contributed by atoms with Gasteiger partial charge in [-0.25, -0.2) is 13.2 Å². The van der Waals surface area contributed by atoms with Gasteiger partial charge in [0, 0.05) is 28.3 Å². The Balaban J connectivity index is 1.58. The van der Waals surface area contributed by atoms with Gasteiger partial charge in [0.25, 0.3) is 0 Å². The van der Waals surface area contributed by atoms with Crippen LogP contribution in [0.15, 0.2) is 89.8 Å². The average molecular weight is 494 g/mol. The van der Waals surface area contributed by atoms with Gasteiger partial charge >= 0.3 is 0 Å². The minimum atomic E-state index is -1.05. The summed E-state index contributed by atoms with van der Waals surface area (Å²) in [6.07, 6.45) is 0.183. The molecule has 0 aliphatic carbocycles. The fourth-order valence-electron chi connectivity index (χ4n) is 3.51. The number of hydrogen-bond donors (Lipinski definition) is 1. The van der Waals surface area contributed by atoms with E-state index in [9.17, 15) is 18.0 Å².